The van der Waals surface area contributed by atoms with E-state index in [1.165, 1.54) is 0 Å². The topological polar surface area (TPSA) is 44.1 Å². The molecule has 0 aliphatic rings. The molecule has 0 fully saturated rings. The smallest absolute Gasteiger partial charge is 0.261 e. The highest BCUT2D eigenvalue weighted by Gasteiger charge is 2.12. The average molecular weight is 281 g/mol. The van der Waals surface area contributed by atoms with Crippen LogP contribution in [0.15, 0.2) is 29.1 Å². The van der Waals surface area contributed by atoms with Crippen LogP contribution in [0.2, 0.25) is 0 Å². The van der Waals surface area contributed by atoms with Crippen molar-refractivity contribution in [3.8, 4) is 0 Å². The van der Waals surface area contributed by atoms with Crippen molar-refractivity contribution in [2.45, 2.75) is 32.4 Å². The summed E-state index contributed by atoms with van der Waals surface area (Å²) in [6.07, 6.45) is -0.0485. The number of aromatic nitrogens is 2. The molecule has 0 aliphatic carbocycles. The second-order valence-corrected chi connectivity index (χ2v) is 4.63. The number of hydrogen-bond donors (Lipinski definition) is 0. The molecule has 2 rings (SSSR count). The van der Waals surface area contributed by atoms with Crippen molar-refractivity contribution in [3.05, 3.63) is 40.4 Å². The molecule has 1 aromatic carbocycles. The molecule has 0 saturated carbocycles. The Morgan fingerprint density at radius 1 is 1.42 bits per heavy atom. The Kier molecular flexibility index (Phi) is 4.56. The Morgan fingerprint density at radius 2 is 2.16 bits per heavy atom. The van der Waals surface area contributed by atoms with Gasteiger partial charge in [0.15, 0.2) is 0 Å². The van der Waals surface area contributed by atoms with E-state index in [0.29, 0.717) is 29.9 Å². The SMILES string of the molecule is CCOC(C)Cn1c(CCl)nc2ccccc2c1=O. The highest BCUT2D eigenvalue weighted by Crippen LogP contribution is 2.10. The fourth-order valence-electron chi connectivity index (χ4n) is 2.10. The molecule has 0 radical (unpaired) electrons. The third-order valence-corrected chi connectivity index (χ3v) is 3.19. The van der Waals surface area contributed by atoms with Crippen LogP contribution < -0.4 is 5.56 Å². The molecule has 1 heterocycles. The lowest BCUT2D eigenvalue weighted by Crippen LogP contribution is -2.30. The van der Waals surface area contributed by atoms with Gasteiger partial charge in [0, 0.05) is 6.61 Å². The minimum Gasteiger partial charge on any atom is -0.377 e. The minimum atomic E-state index is -0.0622. The Bertz CT molecular complexity index is 624. The molecule has 0 bridgehead atoms. The van der Waals surface area contributed by atoms with E-state index in [1.54, 1.807) is 10.6 Å². The van der Waals surface area contributed by atoms with Gasteiger partial charge in [0.1, 0.15) is 5.82 Å². The zero-order chi connectivity index (χ0) is 13.8. The van der Waals surface area contributed by atoms with Gasteiger partial charge in [0.05, 0.1) is 29.4 Å². The molecule has 102 valence electrons. The maximum atomic E-state index is 12.5. The lowest BCUT2D eigenvalue weighted by atomic mass is 10.2. The van der Waals surface area contributed by atoms with Crippen molar-refractivity contribution in [3.63, 3.8) is 0 Å². The fourth-order valence-corrected chi connectivity index (χ4v) is 2.30. The normalized spacial score (nSPS) is 12.8. The van der Waals surface area contributed by atoms with Crippen LogP contribution in [0, 0.1) is 0 Å². The summed E-state index contributed by atoms with van der Waals surface area (Å²) in [6, 6.07) is 7.30. The van der Waals surface area contributed by atoms with Crippen LogP contribution >= 0.6 is 11.6 Å². The van der Waals surface area contributed by atoms with Gasteiger partial charge in [-0.15, -0.1) is 11.6 Å². The van der Waals surface area contributed by atoms with E-state index in [2.05, 4.69) is 4.98 Å². The molecule has 5 heteroatoms. The summed E-state index contributed by atoms with van der Waals surface area (Å²) in [5.41, 5.74) is 0.622. The van der Waals surface area contributed by atoms with Crippen LogP contribution in [0.3, 0.4) is 0 Å². The number of halogens is 1. The third-order valence-electron chi connectivity index (χ3n) is 2.95. The maximum Gasteiger partial charge on any atom is 0.261 e. The fraction of sp³-hybridized carbons (Fsp3) is 0.429. The monoisotopic (exact) mass is 280 g/mol. The van der Waals surface area contributed by atoms with E-state index < -0.39 is 0 Å². The Labute approximate surface area is 117 Å². The molecule has 0 N–H and O–H groups in total. The van der Waals surface area contributed by atoms with E-state index in [1.807, 2.05) is 32.0 Å². The first-order valence-electron chi connectivity index (χ1n) is 6.33. The van der Waals surface area contributed by atoms with Crippen LogP contribution in [0.1, 0.15) is 19.7 Å². The number of ether oxygens (including phenoxy) is 1. The van der Waals surface area contributed by atoms with Crippen molar-refractivity contribution in [2.75, 3.05) is 6.61 Å². The average Bonchev–Trinajstić information content (AvgIpc) is 2.42. The largest absolute Gasteiger partial charge is 0.377 e. The quantitative estimate of drug-likeness (QED) is 0.791. The van der Waals surface area contributed by atoms with Crippen LogP contribution in [0.4, 0.5) is 0 Å². The molecule has 2 aromatic rings. The van der Waals surface area contributed by atoms with Crippen molar-refractivity contribution >= 4 is 22.5 Å². The van der Waals surface area contributed by atoms with Crippen molar-refractivity contribution in [1.29, 1.82) is 0 Å². The Balaban J connectivity index is 2.52. The van der Waals surface area contributed by atoms with E-state index in [-0.39, 0.29) is 17.5 Å². The predicted octanol–water partition coefficient (Wildman–Crippen LogP) is 2.56. The standard InChI is InChI=1S/C14H17ClN2O2/c1-3-19-10(2)9-17-13(8-15)16-12-7-5-4-6-11(12)14(17)18/h4-7,10H,3,8-9H2,1-2H3. The summed E-state index contributed by atoms with van der Waals surface area (Å²) in [4.78, 5) is 16.9. The molecule has 1 aromatic heterocycles. The van der Waals surface area contributed by atoms with Gasteiger partial charge in [-0.3, -0.25) is 9.36 Å². The lowest BCUT2D eigenvalue weighted by molar-refractivity contribution is 0.0627. The van der Waals surface area contributed by atoms with Crippen molar-refractivity contribution in [1.82, 2.24) is 9.55 Å². The Hall–Kier alpha value is -1.39. The molecular formula is C14H17ClN2O2. The predicted molar refractivity (Wildman–Crippen MR) is 76.6 cm³/mol. The number of fused-ring (bicyclic) bond motifs is 1. The molecule has 0 spiro atoms. The zero-order valence-electron chi connectivity index (χ0n) is 11.1. The molecule has 0 amide bonds. The number of para-hydroxylation sites is 1. The maximum absolute atomic E-state index is 12.5. The molecular weight excluding hydrogens is 264 g/mol. The molecule has 4 nitrogen and oxygen atoms in total. The van der Waals surface area contributed by atoms with Gasteiger partial charge in [-0.05, 0) is 26.0 Å². The van der Waals surface area contributed by atoms with Crippen molar-refractivity contribution < 1.29 is 4.74 Å². The van der Waals surface area contributed by atoms with Crippen LogP contribution in [-0.2, 0) is 17.2 Å². The summed E-state index contributed by atoms with van der Waals surface area (Å²) in [6.45, 7) is 4.95. The van der Waals surface area contributed by atoms with E-state index >= 15 is 0 Å². The minimum absolute atomic E-state index is 0.0485. The van der Waals surface area contributed by atoms with Crippen LogP contribution in [-0.4, -0.2) is 22.3 Å². The van der Waals surface area contributed by atoms with Gasteiger partial charge in [0.2, 0.25) is 0 Å². The zero-order valence-corrected chi connectivity index (χ0v) is 11.9. The third kappa shape index (κ3) is 2.96. The van der Waals surface area contributed by atoms with Gasteiger partial charge in [-0.1, -0.05) is 12.1 Å². The van der Waals surface area contributed by atoms with E-state index in [4.69, 9.17) is 16.3 Å². The molecule has 0 aliphatic heterocycles. The first kappa shape index (κ1) is 14.0. The summed E-state index contributed by atoms with van der Waals surface area (Å²) in [5.74, 6) is 0.788. The van der Waals surface area contributed by atoms with Crippen LogP contribution in [0.5, 0.6) is 0 Å². The number of nitrogens with zero attached hydrogens (tertiary/aromatic N) is 2. The molecule has 1 unspecified atom stereocenters. The highest BCUT2D eigenvalue weighted by molar-refractivity contribution is 6.16. The number of alkyl halides is 1. The summed E-state index contributed by atoms with van der Waals surface area (Å²) < 4.78 is 7.09. The van der Waals surface area contributed by atoms with E-state index in [9.17, 15) is 4.79 Å². The first-order chi connectivity index (χ1) is 9.17. The summed E-state index contributed by atoms with van der Waals surface area (Å²) >= 11 is 5.90. The van der Waals surface area contributed by atoms with E-state index in [0.717, 1.165) is 0 Å². The molecule has 1 atom stereocenters. The number of hydrogen-bond acceptors (Lipinski definition) is 3. The number of rotatable bonds is 5. The second-order valence-electron chi connectivity index (χ2n) is 4.36. The highest BCUT2D eigenvalue weighted by atomic mass is 35.5. The van der Waals surface area contributed by atoms with Crippen molar-refractivity contribution in [2.24, 2.45) is 0 Å². The van der Waals surface area contributed by atoms with Gasteiger partial charge >= 0.3 is 0 Å². The molecule has 19 heavy (non-hydrogen) atoms. The van der Waals surface area contributed by atoms with Gasteiger partial charge < -0.3 is 4.74 Å². The van der Waals surface area contributed by atoms with Gasteiger partial charge in [0.25, 0.3) is 5.56 Å². The van der Waals surface area contributed by atoms with Gasteiger partial charge in [-0.25, -0.2) is 4.98 Å². The second kappa shape index (κ2) is 6.17. The van der Waals surface area contributed by atoms with Gasteiger partial charge in [-0.2, -0.15) is 0 Å². The summed E-state index contributed by atoms with van der Waals surface area (Å²) in [7, 11) is 0. The summed E-state index contributed by atoms with van der Waals surface area (Å²) in [5, 5.41) is 0.611. The lowest BCUT2D eigenvalue weighted by Gasteiger charge is -2.16. The number of benzene rings is 1. The Morgan fingerprint density at radius 3 is 2.84 bits per heavy atom. The first-order valence-corrected chi connectivity index (χ1v) is 6.86. The van der Waals surface area contributed by atoms with Crippen LogP contribution in [0.25, 0.3) is 10.9 Å². The molecule has 0 saturated heterocycles.